The number of fused-ring (bicyclic) bond motifs is 1. The van der Waals surface area contributed by atoms with Crippen LogP contribution < -0.4 is 10.6 Å². The summed E-state index contributed by atoms with van der Waals surface area (Å²) in [6, 6.07) is 12.7. The maximum absolute atomic E-state index is 12.8. The number of aryl methyl sites for hydroxylation is 2. The Hall–Kier alpha value is -2.73. The zero-order valence-corrected chi connectivity index (χ0v) is 16.7. The van der Waals surface area contributed by atoms with E-state index in [2.05, 4.69) is 15.6 Å². The second-order valence-electron chi connectivity index (χ2n) is 6.99. The van der Waals surface area contributed by atoms with Crippen LogP contribution in [0.2, 0.25) is 0 Å². The summed E-state index contributed by atoms with van der Waals surface area (Å²) >= 11 is 1.43. The minimum atomic E-state index is -0.647. The van der Waals surface area contributed by atoms with Crippen LogP contribution in [-0.4, -0.2) is 22.8 Å². The maximum atomic E-state index is 12.8. The lowest BCUT2D eigenvalue weighted by molar-refractivity contribution is -0.118. The van der Waals surface area contributed by atoms with Crippen LogP contribution in [-0.2, 0) is 4.79 Å². The minimum absolute atomic E-state index is 0.0606. The van der Waals surface area contributed by atoms with Gasteiger partial charge in [0.05, 0.1) is 10.2 Å². The molecule has 3 rings (SSSR count). The molecule has 1 heterocycles. The number of amides is 2. The van der Waals surface area contributed by atoms with Crippen molar-refractivity contribution in [2.75, 3.05) is 5.32 Å². The van der Waals surface area contributed by atoms with Crippen LogP contribution in [0, 0.1) is 19.8 Å². The predicted molar refractivity (Wildman–Crippen MR) is 110 cm³/mol. The largest absolute Gasteiger partial charge is 0.340 e. The highest BCUT2D eigenvalue weighted by Gasteiger charge is 2.26. The topological polar surface area (TPSA) is 71.1 Å². The molecule has 0 bridgehead atoms. The van der Waals surface area contributed by atoms with Crippen molar-refractivity contribution in [3.63, 3.8) is 0 Å². The quantitative estimate of drug-likeness (QED) is 0.692. The van der Waals surface area contributed by atoms with Crippen molar-refractivity contribution in [2.24, 2.45) is 5.92 Å². The fourth-order valence-corrected chi connectivity index (χ4v) is 3.82. The molecule has 0 aliphatic rings. The third kappa shape index (κ3) is 4.34. The van der Waals surface area contributed by atoms with Crippen LogP contribution in [0.5, 0.6) is 0 Å². The van der Waals surface area contributed by atoms with Gasteiger partial charge in [-0.05, 0) is 49.1 Å². The Labute approximate surface area is 162 Å². The van der Waals surface area contributed by atoms with E-state index in [-0.39, 0.29) is 17.7 Å². The first-order chi connectivity index (χ1) is 12.8. The highest BCUT2D eigenvalue weighted by Crippen LogP contribution is 2.27. The van der Waals surface area contributed by atoms with Crippen LogP contribution in [0.4, 0.5) is 5.13 Å². The van der Waals surface area contributed by atoms with Crippen molar-refractivity contribution in [1.82, 2.24) is 10.3 Å². The highest BCUT2D eigenvalue weighted by atomic mass is 32.1. The summed E-state index contributed by atoms with van der Waals surface area (Å²) in [5.74, 6) is -0.570. The Morgan fingerprint density at radius 3 is 2.52 bits per heavy atom. The number of rotatable bonds is 5. The van der Waals surface area contributed by atoms with Crippen LogP contribution in [0.15, 0.2) is 42.5 Å². The van der Waals surface area contributed by atoms with Gasteiger partial charge in [-0.3, -0.25) is 9.59 Å². The van der Waals surface area contributed by atoms with Gasteiger partial charge in [0.25, 0.3) is 5.91 Å². The Morgan fingerprint density at radius 1 is 1.07 bits per heavy atom. The first kappa shape index (κ1) is 19.0. The summed E-state index contributed by atoms with van der Waals surface area (Å²) in [7, 11) is 0. The van der Waals surface area contributed by atoms with Crippen molar-refractivity contribution < 1.29 is 9.59 Å². The number of aromatic nitrogens is 1. The van der Waals surface area contributed by atoms with Crippen LogP contribution in [0.25, 0.3) is 10.2 Å². The summed E-state index contributed by atoms with van der Waals surface area (Å²) in [5, 5.41) is 6.26. The predicted octanol–water partition coefficient (Wildman–Crippen LogP) is 4.31. The van der Waals surface area contributed by atoms with Crippen LogP contribution >= 0.6 is 11.3 Å². The van der Waals surface area contributed by atoms with Gasteiger partial charge in [0, 0.05) is 5.56 Å². The molecule has 0 unspecified atom stereocenters. The molecule has 0 radical (unpaired) electrons. The molecule has 2 N–H and O–H groups in total. The van der Waals surface area contributed by atoms with Gasteiger partial charge in [-0.1, -0.05) is 49.4 Å². The molecule has 6 heteroatoms. The van der Waals surface area contributed by atoms with E-state index in [0.29, 0.717) is 10.7 Å². The lowest BCUT2D eigenvalue weighted by atomic mass is 10.0. The average molecular weight is 382 g/mol. The monoisotopic (exact) mass is 381 g/mol. The molecule has 5 nitrogen and oxygen atoms in total. The number of anilines is 1. The molecule has 0 saturated heterocycles. The number of nitrogens with zero attached hydrogens (tertiary/aromatic N) is 1. The second kappa shape index (κ2) is 7.88. The lowest BCUT2D eigenvalue weighted by Gasteiger charge is -2.21. The highest BCUT2D eigenvalue weighted by molar-refractivity contribution is 7.22. The van der Waals surface area contributed by atoms with E-state index in [4.69, 9.17) is 0 Å². The van der Waals surface area contributed by atoms with Crippen molar-refractivity contribution in [3.05, 3.63) is 59.2 Å². The molecule has 27 heavy (non-hydrogen) atoms. The Morgan fingerprint density at radius 2 is 1.81 bits per heavy atom. The molecule has 0 spiro atoms. The fraction of sp³-hybridized carbons (Fsp3) is 0.286. The molecular weight excluding hydrogens is 358 g/mol. The van der Waals surface area contributed by atoms with Crippen molar-refractivity contribution in [1.29, 1.82) is 0 Å². The van der Waals surface area contributed by atoms with Gasteiger partial charge in [-0.25, -0.2) is 4.98 Å². The van der Waals surface area contributed by atoms with E-state index in [1.165, 1.54) is 11.3 Å². The van der Waals surface area contributed by atoms with Gasteiger partial charge < -0.3 is 10.6 Å². The molecule has 140 valence electrons. The van der Waals surface area contributed by atoms with E-state index in [9.17, 15) is 9.59 Å². The molecule has 0 aliphatic carbocycles. The van der Waals surface area contributed by atoms with Crippen molar-refractivity contribution >= 4 is 38.5 Å². The number of hydrogen-bond donors (Lipinski definition) is 2. The molecule has 2 aromatic carbocycles. The van der Waals surface area contributed by atoms with Crippen molar-refractivity contribution in [3.8, 4) is 0 Å². The maximum Gasteiger partial charge on any atom is 0.252 e. The van der Waals surface area contributed by atoms with Gasteiger partial charge in [0.1, 0.15) is 6.04 Å². The van der Waals surface area contributed by atoms with E-state index < -0.39 is 6.04 Å². The van der Waals surface area contributed by atoms with E-state index in [1.807, 2.05) is 64.1 Å². The second-order valence-corrected chi connectivity index (χ2v) is 8.02. The molecule has 0 fully saturated rings. The summed E-state index contributed by atoms with van der Waals surface area (Å²) in [6.45, 7) is 7.71. The number of benzene rings is 2. The Kier molecular flexibility index (Phi) is 5.56. The third-order valence-corrected chi connectivity index (χ3v) is 5.33. The molecule has 0 aliphatic heterocycles. The number of thiazole rings is 1. The average Bonchev–Trinajstić information content (AvgIpc) is 3.00. The minimum Gasteiger partial charge on any atom is -0.340 e. The molecular formula is C21H23N3O2S. The van der Waals surface area contributed by atoms with Crippen LogP contribution in [0.1, 0.15) is 35.3 Å². The van der Waals surface area contributed by atoms with E-state index in [0.717, 1.165) is 21.3 Å². The van der Waals surface area contributed by atoms with Gasteiger partial charge in [-0.15, -0.1) is 0 Å². The van der Waals surface area contributed by atoms with Gasteiger partial charge >= 0.3 is 0 Å². The smallest absolute Gasteiger partial charge is 0.252 e. The Bertz CT molecular complexity index is 994. The number of hydrogen-bond acceptors (Lipinski definition) is 4. The SMILES string of the molecule is Cc1ccc2nc(NC(=O)[C@@H](NC(=O)c3ccccc3C)C(C)C)sc2c1. The third-order valence-electron chi connectivity index (χ3n) is 4.40. The van der Waals surface area contributed by atoms with Crippen molar-refractivity contribution in [2.45, 2.75) is 33.7 Å². The van der Waals surface area contributed by atoms with Gasteiger partial charge in [0.2, 0.25) is 5.91 Å². The first-order valence-electron chi connectivity index (χ1n) is 8.89. The Balaban J connectivity index is 1.76. The molecule has 1 atom stereocenters. The summed E-state index contributed by atoms with van der Waals surface area (Å²) in [5.41, 5.74) is 3.45. The molecule has 2 amide bonds. The van der Waals surface area contributed by atoms with Gasteiger partial charge in [0.15, 0.2) is 5.13 Å². The number of carbonyl (C=O) groups excluding carboxylic acids is 2. The van der Waals surface area contributed by atoms with Gasteiger partial charge in [-0.2, -0.15) is 0 Å². The normalized spacial score (nSPS) is 12.2. The number of carbonyl (C=O) groups is 2. The molecule has 0 saturated carbocycles. The zero-order valence-electron chi connectivity index (χ0n) is 15.9. The van der Waals surface area contributed by atoms with Crippen LogP contribution in [0.3, 0.4) is 0 Å². The summed E-state index contributed by atoms with van der Waals surface area (Å²) in [6.07, 6.45) is 0. The lowest BCUT2D eigenvalue weighted by Crippen LogP contribution is -2.47. The number of nitrogens with one attached hydrogen (secondary N) is 2. The van der Waals surface area contributed by atoms with E-state index >= 15 is 0 Å². The molecule has 1 aromatic heterocycles. The van der Waals surface area contributed by atoms with E-state index in [1.54, 1.807) is 6.07 Å². The fourth-order valence-electron chi connectivity index (χ4n) is 2.85. The first-order valence-corrected chi connectivity index (χ1v) is 9.71. The summed E-state index contributed by atoms with van der Waals surface area (Å²) < 4.78 is 1.02. The summed E-state index contributed by atoms with van der Waals surface area (Å²) in [4.78, 5) is 29.9. The molecule has 3 aromatic rings. The standard InChI is InChI=1S/C21H23N3O2S/c1-12(2)18(23-19(25)15-8-6-5-7-14(15)4)20(26)24-21-22-16-10-9-13(3)11-17(16)27-21/h5-12,18H,1-4H3,(H,23,25)(H,22,24,26)/t18-/m0/s1. The zero-order chi connectivity index (χ0) is 19.6.